The van der Waals surface area contributed by atoms with Gasteiger partial charge in [-0.1, -0.05) is 18.2 Å². The van der Waals surface area contributed by atoms with Gasteiger partial charge in [0.15, 0.2) is 0 Å². The van der Waals surface area contributed by atoms with Crippen LogP contribution in [0.2, 0.25) is 0 Å². The third kappa shape index (κ3) is 4.35. The maximum Gasteiger partial charge on any atom is 0.406 e. The minimum Gasteiger partial charge on any atom is -0.336 e. The molecule has 0 bridgehead atoms. The predicted molar refractivity (Wildman–Crippen MR) is 76.2 cm³/mol. The fraction of sp³-hybridized carbons (Fsp3) is 0.286. The summed E-state index contributed by atoms with van der Waals surface area (Å²) in [7, 11) is 1.15. The van der Waals surface area contributed by atoms with Gasteiger partial charge in [-0.25, -0.2) is 0 Å². The third-order valence-corrected chi connectivity index (χ3v) is 3.86. The zero-order chi connectivity index (χ0) is 15.5. The maximum atomic E-state index is 12.2. The number of hydrogen-bond donors (Lipinski definition) is 0. The lowest BCUT2D eigenvalue weighted by Gasteiger charge is -2.18. The molecule has 3 nitrogen and oxygen atoms in total. The molecule has 0 unspecified atom stereocenters. The van der Waals surface area contributed by atoms with Gasteiger partial charge in [-0.3, -0.25) is 9.78 Å². The van der Waals surface area contributed by atoms with Crippen molar-refractivity contribution in [3.63, 3.8) is 0 Å². The molecule has 0 N–H and O–H groups in total. The summed E-state index contributed by atoms with van der Waals surface area (Å²) in [4.78, 5) is 17.4. The monoisotopic (exact) mass is 314 g/mol. The summed E-state index contributed by atoms with van der Waals surface area (Å²) in [5.74, 6) is -0.598. The van der Waals surface area contributed by atoms with Crippen molar-refractivity contribution in [1.29, 1.82) is 0 Å². The Balaban J connectivity index is 2.03. The molecule has 1 aromatic carbocycles. The number of alkyl halides is 3. The van der Waals surface area contributed by atoms with Crippen molar-refractivity contribution < 1.29 is 18.0 Å². The number of halogens is 3. The van der Waals surface area contributed by atoms with Crippen LogP contribution in [-0.2, 0) is 4.79 Å². The van der Waals surface area contributed by atoms with E-state index in [1.54, 1.807) is 12.3 Å². The number of amides is 1. The number of para-hydroxylation sites is 1. The number of nitrogens with zero attached hydrogens (tertiary/aromatic N) is 2. The minimum absolute atomic E-state index is 0.0411. The van der Waals surface area contributed by atoms with Gasteiger partial charge >= 0.3 is 6.18 Å². The van der Waals surface area contributed by atoms with Crippen molar-refractivity contribution in [2.75, 3.05) is 19.3 Å². The highest BCUT2D eigenvalue weighted by Gasteiger charge is 2.31. The van der Waals surface area contributed by atoms with Crippen LogP contribution in [0.25, 0.3) is 10.9 Å². The Hall–Kier alpha value is -1.76. The van der Waals surface area contributed by atoms with Crippen LogP contribution in [0.5, 0.6) is 0 Å². The van der Waals surface area contributed by atoms with Gasteiger partial charge in [0, 0.05) is 23.5 Å². The number of aromatic nitrogens is 1. The van der Waals surface area contributed by atoms with Gasteiger partial charge in [0.05, 0.1) is 11.3 Å². The van der Waals surface area contributed by atoms with Crippen LogP contribution < -0.4 is 0 Å². The molecule has 0 fully saturated rings. The van der Waals surface area contributed by atoms with Crippen molar-refractivity contribution in [1.82, 2.24) is 9.88 Å². The number of carbonyl (C=O) groups excluding carboxylic acids is 1. The Labute approximate surface area is 124 Å². The van der Waals surface area contributed by atoms with Crippen LogP contribution >= 0.6 is 11.8 Å². The molecular weight excluding hydrogens is 301 g/mol. The topological polar surface area (TPSA) is 33.2 Å². The quantitative estimate of drug-likeness (QED) is 0.812. The van der Waals surface area contributed by atoms with E-state index in [1.807, 2.05) is 24.3 Å². The molecule has 2 rings (SSSR count). The van der Waals surface area contributed by atoms with Gasteiger partial charge in [-0.15, -0.1) is 11.8 Å². The van der Waals surface area contributed by atoms with E-state index >= 15 is 0 Å². The van der Waals surface area contributed by atoms with E-state index in [2.05, 4.69) is 4.98 Å². The summed E-state index contributed by atoms with van der Waals surface area (Å²) in [5, 5.41) is 0.885. The van der Waals surface area contributed by atoms with E-state index in [0.717, 1.165) is 22.8 Å². The SMILES string of the molecule is CN(CC(F)(F)F)C(=O)CSc1ccnc2ccccc12. The first-order valence-electron chi connectivity index (χ1n) is 6.14. The molecule has 0 atom stereocenters. The fourth-order valence-corrected chi connectivity index (χ4v) is 2.79. The second-order valence-corrected chi connectivity index (χ2v) is 5.50. The van der Waals surface area contributed by atoms with E-state index in [1.165, 1.54) is 11.8 Å². The molecule has 1 heterocycles. The van der Waals surface area contributed by atoms with Crippen LogP contribution in [0.1, 0.15) is 0 Å². The lowest BCUT2D eigenvalue weighted by molar-refractivity contribution is -0.156. The molecule has 2 aromatic rings. The molecule has 0 aliphatic rings. The van der Waals surface area contributed by atoms with Gasteiger partial charge in [0.25, 0.3) is 0 Å². The zero-order valence-corrected chi connectivity index (χ0v) is 12.0. The number of rotatable bonds is 4. The fourth-order valence-electron chi connectivity index (χ4n) is 1.80. The molecule has 1 aromatic heterocycles. The van der Waals surface area contributed by atoms with Crippen LogP contribution in [0.15, 0.2) is 41.4 Å². The molecule has 112 valence electrons. The average Bonchev–Trinajstić information content (AvgIpc) is 2.42. The molecule has 0 aliphatic heterocycles. The Kier molecular flexibility index (Phi) is 4.72. The summed E-state index contributed by atoms with van der Waals surface area (Å²) in [6, 6.07) is 9.17. The first-order chi connectivity index (χ1) is 9.87. The van der Waals surface area contributed by atoms with Crippen molar-refractivity contribution in [2.24, 2.45) is 0 Å². The molecule has 1 amide bonds. The summed E-state index contributed by atoms with van der Waals surface area (Å²) >= 11 is 1.21. The van der Waals surface area contributed by atoms with Crippen molar-refractivity contribution in [3.05, 3.63) is 36.5 Å². The smallest absolute Gasteiger partial charge is 0.336 e. The van der Waals surface area contributed by atoms with E-state index in [4.69, 9.17) is 0 Å². The molecule has 21 heavy (non-hydrogen) atoms. The molecule has 0 saturated heterocycles. The second kappa shape index (κ2) is 6.34. The Morgan fingerprint density at radius 1 is 1.29 bits per heavy atom. The van der Waals surface area contributed by atoms with Crippen molar-refractivity contribution >= 4 is 28.6 Å². The number of fused-ring (bicyclic) bond motifs is 1. The lowest BCUT2D eigenvalue weighted by Crippen LogP contribution is -2.36. The lowest BCUT2D eigenvalue weighted by atomic mass is 10.2. The number of carbonyl (C=O) groups is 1. The highest BCUT2D eigenvalue weighted by Crippen LogP contribution is 2.26. The van der Waals surface area contributed by atoms with Crippen LogP contribution in [0, 0.1) is 0 Å². The van der Waals surface area contributed by atoms with Gasteiger partial charge in [-0.05, 0) is 12.1 Å². The molecule has 0 spiro atoms. The van der Waals surface area contributed by atoms with Gasteiger partial charge in [0.1, 0.15) is 6.54 Å². The van der Waals surface area contributed by atoms with E-state index in [9.17, 15) is 18.0 Å². The van der Waals surface area contributed by atoms with E-state index in [-0.39, 0.29) is 5.75 Å². The maximum absolute atomic E-state index is 12.2. The Morgan fingerprint density at radius 3 is 2.71 bits per heavy atom. The van der Waals surface area contributed by atoms with Crippen LogP contribution in [0.4, 0.5) is 13.2 Å². The highest BCUT2D eigenvalue weighted by atomic mass is 32.2. The molecule has 0 radical (unpaired) electrons. The summed E-state index contributed by atoms with van der Waals surface area (Å²) in [6.07, 6.45) is -2.76. The minimum atomic E-state index is -4.38. The first kappa shape index (κ1) is 15.6. The normalized spacial score (nSPS) is 11.6. The number of thioether (sulfide) groups is 1. The zero-order valence-electron chi connectivity index (χ0n) is 11.2. The molecule has 0 aliphatic carbocycles. The number of hydrogen-bond acceptors (Lipinski definition) is 3. The van der Waals surface area contributed by atoms with Crippen molar-refractivity contribution in [3.8, 4) is 0 Å². The van der Waals surface area contributed by atoms with Crippen molar-refractivity contribution in [2.45, 2.75) is 11.1 Å². The van der Waals surface area contributed by atoms with Crippen LogP contribution in [-0.4, -0.2) is 41.3 Å². The summed E-state index contributed by atoms with van der Waals surface area (Å²) in [5.41, 5.74) is 0.790. The predicted octanol–water partition coefficient (Wildman–Crippen LogP) is 3.35. The van der Waals surface area contributed by atoms with E-state index in [0.29, 0.717) is 4.90 Å². The molecule has 7 heteroatoms. The standard InChI is InChI=1S/C14H13F3N2OS/c1-19(9-14(15,16)17)13(20)8-21-12-6-7-18-11-5-3-2-4-10(11)12/h2-7H,8-9H2,1H3. The van der Waals surface area contributed by atoms with Gasteiger partial charge in [0.2, 0.25) is 5.91 Å². The van der Waals surface area contributed by atoms with Crippen LogP contribution in [0.3, 0.4) is 0 Å². The average molecular weight is 314 g/mol. The van der Waals surface area contributed by atoms with Gasteiger partial charge in [-0.2, -0.15) is 13.2 Å². The largest absolute Gasteiger partial charge is 0.406 e. The molecular formula is C14H13F3N2OS. The third-order valence-electron chi connectivity index (χ3n) is 2.80. The van der Waals surface area contributed by atoms with E-state index < -0.39 is 18.6 Å². The Bertz CT molecular complexity index is 640. The highest BCUT2D eigenvalue weighted by molar-refractivity contribution is 8.00. The van der Waals surface area contributed by atoms with Gasteiger partial charge < -0.3 is 4.90 Å². The first-order valence-corrected chi connectivity index (χ1v) is 7.12. The second-order valence-electron chi connectivity index (χ2n) is 4.48. The summed E-state index contributed by atoms with van der Waals surface area (Å²) < 4.78 is 36.7. The Morgan fingerprint density at radius 2 is 2.00 bits per heavy atom. The number of pyridine rings is 1. The number of benzene rings is 1. The molecule has 0 saturated carbocycles. The summed E-state index contributed by atoms with van der Waals surface area (Å²) in [6.45, 7) is -1.23.